The van der Waals surface area contributed by atoms with E-state index >= 15 is 0 Å². The van der Waals surface area contributed by atoms with E-state index in [0.29, 0.717) is 17.1 Å². The van der Waals surface area contributed by atoms with Crippen molar-refractivity contribution in [3.63, 3.8) is 0 Å². The van der Waals surface area contributed by atoms with Crippen LogP contribution in [0.15, 0.2) is 17.0 Å². The van der Waals surface area contributed by atoms with Crippen LogP contribution in [0.1, 0.15) is 11.5 Å². The Kier molecular flexibility index (Phi) is 5.30. The van der Waals surface area contributed by atoms with Gasteiger partial charge in [-0.05, 0) is 18.4 Å². The summed E-state index contributed by atoms with van der Waals surface area (Å²) >= 11 is 1.46. The minimum atomic E-state index is -0.976. The number of aliphatic carboxylic acids is 1. The van der Waals surface area contributed by atoms with Crippen LogP contribution in [0.25, 0.3) is 0 Å². The summed E-state index contributed by atoms with van der Waals surface area (Å²) in [6.07, 6.45) is 1.89. The Morgan fingerprint density at radius 2 is 2.11 bits per heavy atom. The molecule has 0 aromatic heterocycles. The molecule has 0 aliphatic rings. The van der Waals surface area contributed by atoms with Gasteiger partial charge in [0.1, 0.15) is 11.5 Å². The van der Waals surface area contributed by atoms with Crippen molar-refractivity contribution < 1.29 is 19.4 Å². The molecule has 100 valence electrons. The molecule has 5 nitrogen and oxygen atoms in total. The van der Waals surface area contributed by atoms with Gasteiger partial charge in [0, 0.05) is 12.1 Å². The summed E-state index contributed by atoms with van der Waals surface area (Å²) < 4.78 is 10.5. The molecule has 0 saturated carbocycles. The fourth-order valence-electron chi connectivity index (χ4n) is 1.71. The average molecular weight is 271 g/mol. The second-order valence-corrected chi connectivity index (χ2v) is 4.43. The highest BCUT2D eigenvalue weighted by molar-refractivity contribution is 7.98. The van der Waals surface area contributed by atoms with E-state index in [9.17, 15) is 9.90 Å². The number of rotatable bonds is 6. The van der Waals surface area contributed by atoms with Crippen molar-refractivity contribution in [2.45, 2.75) is 10.8 Å². The van der Waals surface area contributed by atoms with Gasteiger partial charge < -0.3 is 20.3 Å². The molecular weight excluding hydrogens is 254 g/mol. The lowest BCUT2D eigenvalue weighted by Gasteiger charge is -2.18. The first-order valence-electron chi connectivity index (χ1n) is 5.31. The summed E-state index contributed by atoms with van der Waals surface area (Å²) in [6, 6.07) is 3.46. The van der Waals surface area contributed by atoms with E-state index in [1.807, 2.05) is 12.3 Å². The van der Waals surface area contributed by atoms with Crippen LogP contribution >= 0.6 is 11.8 Å². The van der Waals surface area contributed by atoms with Crippen LogP contribution in [-0.2, 0) is 4.79 Å². The minimum absolute atomic E-state index is 0.00663. The van der Waals surface area contributed by atoms with Crippen molar-refractivity contribution in [1.29, 1.82) is 0 Å². The quantitative estimate of drug-likeness (QED) is 0.764. The topological polar surface area (TPSA) is 81.8 Å². The van der Waals surface area contributed by atoms with E-state index in [4.69, 9.17) is 15.2 Å². The lowest BCUT2D eigenvalue weighted by Crippen LogP contribution is -2.22. The Bertz CT molecular complexity index is 436. The number of nitrogens with two attached hydrogens (primary N) is 1. The van der Waals surface area contributed by atoms with Gasteiger partial charge in [-0.3, -0.25) is 4.79 Å². The zero-order chi connectivity index (χ0) is 13.7. The molecule has 0 spiro atoms. The second-order valence-electron chi connectivity index (χ2n) is 3.58. The molecule has 0 aliphatic carbocycles. The molecule has 0 amide bonds. The predicted molar refractivity (Wildman–Crippen MR) is 70.8 cm³/mol. The third-order valence-corrected chi connectivity index (χ3v) is 3.37. The van der Waals surface area contributed by atoms with E-state index in [0.717, 1.165) is 4.90 Å². The van der Waals surface area contributed by atoms with E-state index in [1.165, 1.54) is 26.0 Å². The largest absolute Gasteiger partial charge is 0.497 e. The van der Waals surface area contributed by atoms with Crippen molar-refractivity contribution in [2.24, 2.45) is 5.73 Å². The third kappa shape index (κ3) is 2.88. The van der Waals surface area contributed by atoms with Crippen molar-refractivity contribution in [2.75, 3.05) is 27.0 Å². The first kappa shape index (κ1) is 14.7. The summed E-state index contributed by atoms with van der Waals surface area (Å²) in [5.41, 5.74) is 6.07. The van der Waals surface area contributed by atoms with Crippen LogP contribution in [0, 0.1) is 0 Å². The molecule has 6 heteroatoms. The highest BCUT2D eigenvalue weighted by Gasteiger charge is 2.24. The number of methoxy groups -OCH3 is 2. The Morgan fingerprint density at radius 3 is 2.50 bits per heavy atom. The molecule has 18 heavy (non-hydrogen) atoms. The van der Waals surface area contributed by atoms with Crippen molar-refractivity contribution >= 4 is 17.7 Å². The average Bonchev–Trinajstić information content (AvgIpc) is 2.37. The van der Waals surface area contributed by atoms with Gasteiger partial charge in [-0.2, -0.15) is 0 Å². The third-order valence-electron chi connectivity index (χ3n) is 2.63. The molecule has 1 aromatic rings. The van der Waals surface area contributed by atoms with Gasteiger partial charge in [0.05, 0.1) is 25.0 Å². The number of benzene rings is 1. The highest BCUT2D eigenvalue weighted by atomic mass is 32.2. The first-order valence-corrected chi connectivity index (χ1v) is 6.54. The normalized spacial score (nSPS) is 12.0. The van der Waals surface area contributed by atoms with Crippen LogP contribution in [-0.4, -0.2) is 38.1 Å². The Hall–Kier alpha value is -1.40. The van der Waals surface area contributed by atoms with Gasteiger partial charge in [0.15, 0.2) is 0 Å². The smallest absolute Gasteiger partial charge is 0.312 e. The van der Waals surface area contributed by atoms with Gasteiger partial charge in [0.2, 0.25) is 0 Å². The van der Waals surface area contributed by atoms with Crippen molar-refractivity contribution in [3.05, 3.63) is 17.7 Å². The summed E-state index contributed by atoms with van der Waals surface area (Å²) in [7, 11) is 3.05. The molecule has 0 bridgehead atoms. The number of carboxylic acid groups (broad SMARTS) is 1. The number of carbonyl (C=O) groups is 1. The fraction of sp³-hybridized carbons (Fsp3) is 0.417. The summed E-state index contributed by atoms with van der Waals surface area (Å²) in [6.45, 7) is 0.00663. The molecule has 1 atom stereocenters. The number of hydrogen-bond acceptors (Lipinski definition) is 5. The van der Waals surface area contributed by atoms with Crippen LogP contribution < -0.4 is 15.2 Å². The van der Waals surface area contributed by atoms with Gasteiger partial charge in [-0.1, -0.05) is 0 Å². The molecule has 0 heterocycles. The second kappa shape index (κ2) is 6.51. The van der Waals surface area contributed by atoms with Crippen molar-refractivity contribution in [1.82, 2.24) is 0 Å². The first-order chi connectivity index (χ1) is 8.58. The Morgan fingerprint density at radius 1 is 1.44 bits per heavy atom. The summed E-state index contributed by atoms with van der Waals surface area (Å²) in [5.74, 6) is -0.645. The predicted octanol–water partition coefficient (Wildman–Crippen LogP) is 1.55. The summed E-state index contributed by atoms with van der Waals surface area (Å²) in [5, 5.41) is 9.19. The monoisotopic (exact) mass is 271 g/mol. The van der Waals surface area contributed by atoms with Crippen LogP contribution in [0.3, 0.4) is 0 Å². The maximum absolute atomic E-state index is 11.2. The fourth-order valence-corrected chi connectivity index (χ4v) is 2.33. The Balaban J connectivity index is 3.42. The van der Waals surface area contributed by atoms with E-state index in [1.54, 1.807) is 6.07 Å². The SMILES string of the molecule is COc1cc(SC)c(OC)c(C(CN)C(=O)O)c1. The number of thioether (sulfide) groups is 1. The van der Waals surface area contributed by atoms with Gasteiger partial charge >= 0.3 is 5.97 Å². The molecule has 0 radical (unpaired) electrons. The lowest BCUT2D eigenvalue weighted by molar-refractivity contribution is -0.138. The molecule has 1 unspecified atom stereocenters. The Labute approximate surface area is 110 Å². The number of ether oxygens (including phenoxy) is 2. The molecule has 3 N–H and O–H groups in total. The molecule has 1 aromatic carbocycles. The van der Waals surface area contributed by atoms with E-state index < -0.39 is 11.9 Å². The minimum Gasteiger partial charge on any atom is -0.497 e. The zero-order valence-electron chi connectivity index (χ0n) is 10.6. The maximum atomic E-state index is 11.2. The van der Waals surface area contributed by atoms with Crippen LogP contribution in [0.4, 0.5) is 0 Å². The van der Waals surface area contributed by atoms with Gasteiger partial charge in [-0.15, -0.1) is 11.8 Å². The maximum Gasteiger partial charge on any atom is 0.312 e. The van der Waals surface area contributed by atoms with E-state index in [2.05, 4.69) is 0 Å². The molecule has 0 fully saturated rings. The number of carboxylic acids is 1. The molecule has 0 saturated heterocycles. The standard InChI is InChI=1S/C12H17NO4S/c1-16-7-4-8(9(6-13)12(14)15)11(17-2)10(5-7)18-3/h4-5,9H,6,13H2,1-3H3,(H,14,15). The molecular formula is C12H17NO4S. The van der Waals surface area contributed by atoms with Crippen molar-refractivity contribution in [3.8, 4) is 11.5 Å². The lowest BCUT2D eigenvalue weighted by atomic mass is 9.98. The molecule has 1 rings (SSSR count). The van der Waals surface area contributed by atoms with Gasteiger partial charge in [0.25, 0.3) is 0 Å². The highest BCUT2D eigenvalue weighted by Crippen LogP contribution is 2.38. The molecule has 0 aliphatic heterocycles. The van der Waals surface area contributed by atoms with E-state index in [-0.39, 0.29) is 6.54 Å². The van der Waals surface area contributed by atoms with Gasteiger partial charge in [-0.25, -0.2) is 0 Å². The summed E-state index contributed by atoms with van der Waals surface area (Å²) in [4.78, 5) is 12.0. The zero-order valence-corrected chi connectivity index (χ0v) is 11.4. The number of hydrogen-bond donors (Lipinski definition) is 2. The van der Waals surface area contributed by atoms with Crippen LogP contribution in [0.5, 0.6) is 11.5 Å². The van der Waals surface area contributed by atoms with Crippen LogP contribution in [0.2, 0.25) is 0 Å².